The largest absolute Gasteiger partial charge is 0.445 e. The minimum Gasteiger partial charge on any atom is -0.445 e. The highest BCUT2D eigenvalue weighted by molar-refractivity contribution is 5.68. The first-order valence-electron chi connectivity index (χ1n) is 6.40. The number of carbonyl (C=O) groups excluding carboxylic acids is 1. The molecule has 1 aromatic rings. The van der Waals surface area contributed by atoms with Crippen molar-refractivity contribution >= 4 is 6.09 Å². The Morgan fingerprint density at radius 3 is 2.84 bits per heavy atom. The van der Waals surface area contributed by atoms with Crippen LogP contribution in [0.25, 0.3) is 0 Å². The molecule has 2 N–H and O–H groups in total. The lowest BCUT2D eigenvalue weighted by molar-refractivity contribution is 0.102. The minimum absolute atomic E-state index is 0.108. The van der Waals surface area contributed by atoms with Crippen LogP contribution in [0.15, 0.2) is 43.0 Å². The number of likely N-dealkylation sites (tertiary alicyclic amines) is 1. The van der Waals surface area contributed by atoms with Gasteiger partial charge in [-0.25, -0.2) is 4.79 Å². The van der Waals surface area contributed by atoms with Gasteiger partial charge in [-0.3, -0.25) is 0 Å². The first-order chi connectivity index (χ1) is 9.03. The molecule has 2 rings (SSSR count). The SMILES string of the molecule is C=CC1CN(C(=O)OCc2ccccc2)CC1(C)N. The van der Waals surface area contributed by atoms with Gasteiger partial charge in [0.15, 0.2) is 0 Å². The zero-order chi connectivity index (χ0) is 13.9. The third kappa shape index (κ3) is 3.15. The summed E-state index contributed by atoms with van der Waals surface area (Å²) >= 11 is 0. The van der Waals surface area contributed by atoms with E-state index in [0.29, 0.717) is 13.1 Å². The molecular formula is C15H20N2O2. The van der Waals surface area contributed by atoms with Crippen molar-refractivity contribution in [1.82, 2.24) is 4.90 Å². The minimum atomic E-state index is -0.423. The van der Waals surface area contributed by atoms with Crippen molar-refractivity contribution in [3.63, 3.8) is 0 Å². The number of carbonyl (C=O) groups is 1. The van der Waals surface area contributed by atoms with E-state index >= 15 is 0 Å². The molecule has 1 aromatic carbocycles. The number of amides is 1. The summed E-state index contributed by atoms with van der Waals surface area (Å²) in [5, 5.41) is 0. The molecule has 0 aromatic heterocycles. The van der Waals surface area contributed by atoms with Gasteiger partial charge in [0, 0.05) is 24.5 Å². The summed E-state index contributed by atoms with van der Waals surface area (Å²) in [6.45, 7) is 7.06. The van der Waals surface area contributed by atoms with E-state index in [4.69, 9.17) is 10.5 Å². The fraction of sp³-hybridized carbons (Fsp3) is 0.400. The summed E-state index contributed by atoms with van der Waals surface area (Å²) in [4.78, 5) is 13.6. The van der Waals surface area contributed by atoms with Crippen molar-refractivity contribution in [2.24, 2.45) is 11.7 Å². The Bertz CT molecular complexity index is 456. The highest BCUT2D eigenvalue weighted by Crippen LogP contribution is 2.26. The first-order valence-corrected chi connectivity index (χ1v) is 6.40. The third-order valence-electron chi connectivity index (χ3n) is 3.54. The number of ether oxygens (including phenoxy) is 1. The normalized spacial score (nSPS) is 26.2. The van der Waals surface area contributed by atoms with Crippen molar-refractivity contribution in [1.29, 1.82) is 0 Å². The van der Waals surface area contributed by atoms with Gasteiger partial charge < -0.3 is 15.4 Å². The predicted octanol–water partition coefficient (Wildman–Crippen LogP) is 2.16. The smallest absolute Gasteiger partial charge is 0.410 e. The average molecular weight is 260 g/mol. The van der Waals surface area contributed by atoms with Crippen LogP contribution < -0.4 is 5.73 Å². The molecule has 0 spiro atoms. The van der Waals surface area contributed by atoms with Gasteiger partial charge in [-0.15, -0.1) is 6.58 Å². The van der Waals surface area contributed by atoms with Crippen LogP contribution in [0, 0.1) is 5.92 Å². The zero-order valence-corrected chi connectivity index (χ0v) is 11.2. The van der Waals surface area contributed by atoms with Crippen LogP contribution >= 0.6 is 0 Å². The lowest BCUT2D eigenvalue weighted by atomic mass is 9.91. The Morgan fingerprint density at radius 2 is 2.26 bits per heavy atom. The molecule has 0 saturated carbocycles. The molecule has 2 unspecified atom stereocenters. The average Bonchev–Trinajstić information content (AvgIpc) is 2.72. The van der Waals surface area contributed by atoms with Crippen molar-refractivity contribution in [3.05, 3.63) is 48.6 Å². The molecular weight excluding hydrogens is 240 g/mol. The van der Waals surface area contributed by atoms with Crippen molar-refractivity contribution in [2.75, 3.05) is 13.1 Å². The van der Waals surface area contributed by atoms with Gasteiger partial charge in [0.1, 0.15) is 6.61 Å². The number of rotatable bonds is 3. The number of hydrogen-bond donors (Lipinski definition) is 1. The molecule has 1 aliphatic heterocycles. The lowest BCUT2D eigenvalue weighted by Crippen LogP contribution is -2.44. The Hall–Kier alpha value is -1.81. The van der Waals surface area contributed by atoms with Crippen LogP contribution in [0.3, 0.4) is 0 Å². The van der Waals surface area contributed by atoms with Gasteiger partial charge >= 0.3 is 6.09 Å². The number of benzene rings is 1. The Balaban J connectivity index is 1.90. The summed E-state index contributed by atoms with van der Waals surface area (Å²) in [6, 6.07) is 9.63. The summed E-state index contributed by atoms with van der Waals surface area (Å²) in [5.41, 5.74) is 6.70. The van der Waals surface area contributed by atoms with E-state index in [2.05, 4.69) is 6.58 Å². The van der Waals surface area contributed by atoms with E-state index in [9.17, 15) is 4.79 Å². The summed E-state index contributed by atoms with van der Waals surface area (Å²) in [5.74, 6) is 0.108. The highest BCUT2D eigenvalue weighted by atomic mass is 16.6. The Labute approximate surface area is 113 Å². The quantitative estimate of drug-likeness (QED) is 0.847. The maximum Gasteiger partial charge on any atom is 0.410 e. The summed E-state index contributed by atoms with van der Waals surface area (Å²) in [6.07, 6.45) is 1.50. The standard InChI is InChI=1S/C15H20N2O2/c1-3-13-9-17(11-15(13,2)16)14(18)19-10-12-7-5-4-6-8-12/h3-8,13H,1,9-11,16H2,2H3. The van der Waals surface area contributed by atoms with Gasteiger partial charge in [-0.2, -0.15) is 0 Å². The van der Waals surface area contributed by atoms with Crippen LogP contribution in [-0.2, 0) is 11.3 Å². The van der Waals surface area contributed by atoms with Gasteiger partial charge in [0.05, 0.1) is 0 Å². The molecule has 2 atom stereocenters. The maximum atomic E-state index is 12.0. The van der Waals surface area contributed by atoms with E-state index < -0.39 is 5.54 Å². The van der Waals surface area contributed by atoms with Crippen LogP contribution in [0.1, 0.15) is 12.5 Å². The maximum absolute atomic E-state index is 12.0. The molecule has 0 aliphatic carbocycles. The molecule has 0 radical (unpaired) electrons. The van der Waals surface area contributed by atoms with E-state index in [1.54, 1.807) is 4.90 Å². The second-order valence-corrected chi connectivity index (χ2v) is 5.27. The van der Waals surface area contributed by atoms with Gasteiger partial charge in [0.2, 0.25) is 0 Å². The molecule has 0 bridgehead atoms. The Kier molecular flexibility index (Phi) is 3.90. The van der Waals surface area contributed by atoms with Crippen molar-refractivity contribution < 1.29 is 9.53 Å². The van der Waals surface area contributed by atoms with Gasteiger partial charge in [-0.05, 0) is 12.5 Å². The van der Waals surface area contributed by atoms with Crippen LogP contribution in [0.5, 0.6) is 0 Å². The number of hydrogen-bond acceptors (Lipinski definition) is 3. The van der Waals surface area contributed by atoms with Crippen molar-refractivity contribution in [2.45, 2.75) is 19.1 Å². The molecule has 102 valence electrons. The van der Waals surface area contributed by atoms with Gasteiger partial charge in [-0.1, -0.05) is 36.4 Å². The fourth-order valence-electron chi connectivity index (χ4n) is 2.33. The molecule has 4 nitrogen and oxygen atoms in total. The monoisotopic (exact) mass is 260 g/mol. The lowest BCUT2D eigenvalue weighted by Gasteiger charge is -2.22. The molecule has 1 saturated heterocycles. The third-order valence-corrected chi connectivity index (χ3v) is 3.54. The van der Waals surface area contributed by atoms with E-state index in [1.807, 2.05) is 43.3 Å². The number of nitrogens with zero attached hydrogens (tertiary/aromatic N) is 1. The highest BCUT2D eigenvalue weighted by Gasteiger charge is 2.40. The van der Waals surface area contributed by atoms with E-state index in [0.717, 1.165) is 5.56 Å². The zero-order valence-electron chi connectivity index (χ0n) is 11.2. The topological polar surface area (TPSA) is 55.6 Å². The fourth-order valence-corrected chi connectivity index (χ4v) is 2.33. The predicted molar refractivity (Wildman–Crippen MR) is 74.5 cm³/mol. The van der Waals surface area contributed by atoms with E-state index in [1.165, 1.54) is 0 Å². The molecule has 1 amide bonds. The summed E-state index contributed by atoms with van der Waals surface area (Å²) in [7, 11) is 0. The molecule has 1 fully saturated rings. The summed E-state index contributed by atoms with van der Waals surface area (Å²) < 4.78 is 5.30. The molecule has 1 aliphatic rings. The second-order valence-electron chi connectivity index (χ2n) is 5.27. The van der Waals surface area contributed by atoms with E-state index in [-0.39, 0.29) is 18.6 Å². The Morgan fingerprint density at radius 1 is 1.58 bits per heavy atom. The molecule has 4 heteroatoms. The van der Waals surface area contributed by atoms with Crippen LogP contribution in [0.4, 0.5) is 4.79 Å². The van der Waals surface area contributed by atoms with Crippen LogP contribution in [-0.4, -0.2) is 29.6 Å². The molecule has 19 heavy (non-hydrogen) atoms. The van der Waals surface area contributed by atoms with Crippen molar-refractivity contribution in [3.8, 4) is 0 Å². The van der Waals surface area contributed by atoms with Crippen LogP contribution in [0.2, 0.25) is 0 Å². The van der Waals surface area contributed by atoms with Gasteiger partial charge in [0.25, 0.3) is 0 Å². The first kappa shape index (κ1) is 13.6. The second kappa shape index (κ2) is 5.45. The molecule has 1 heterocycles. The number of nitrogens with two attached hydrogens (primary N) is 1.